The van der Waals surface area contributed by atoms with E-state index in [9.17, 15) is 5.11 Å². The molecule has 0 bridgehead atoms. The van der Waals surface area contributed by atoms with E-state index in [-0.39, 0.29) is 17.9 Å². The number of aliphatic hydroxyl groups excluding tert-OH is 1. The molecule has 0 amide bonds. The molecule has 0 spiro atoms. The maximum atomic E-state index is 9.34. The van der Waals surface area contributed by atoms with Crippen LogP contribution in [-0.2, 0) is 4.74 Å². The average molecular weight is 201 g/mol. The van der Waals surface area contributed by atoms with Gasteiger partial charge in [0.05, 0.1) is 18.8 Å². The highest BCUT2D eigenvalue weighted by molar-refractivity contribution is 4.97. The van der Waals surface area contributed by atoms with Gasteiger partial charge in [-0.1, -0.05) is 20.8 Å². The second-order valence-electron chi connectivity index (χ2n) is 5.03. The van der Waals surface area contributed by atoms with Gasteiger partial charge in [0.2, 0.25) is 0 Å². The fourth-order valence-corrected chi connectivity index (χ4v) is 2.21. The molecular formula is C11H23NO2. The molecule has 2 unspecified atom stereocenters. The minimum Gasteiger partial charge on any atom is -0.394 e. The largest absolute Gasteiger partial charge is 0.394 e. The molecule has 1 rings (SSSR count). The first-order valence-electron chi connectivity index (χ1n) is 5.49. The first kappa shape index (κ1) is 12.0. The molecule has 1 saturated heterocycles. The average Bonchev–Trinajstić information content (AvgIpc) is 2.43. The van der Waals surface area contributed by atoms with E-state index in [0.29, 0.717) is 12.5 Å². The van der Waals surface area contributed by atoms with Gasteiger partial charge in [-0.05, 0) is 25.7 Å². The molecule has 0 aromatic heterocycles. The summed E-state index contributed by atoms with van der Waals surface area (Å²) in [4.78, 5) is 0. The number of hydrogen-bond acceptors (Lipinski definition) is 3. The highest BCUT2D eigenvalue weighted by atomic mass is 16.5. The van der Waals surface area contributed by atoms with Gasteiger partial charge in [0, 0.05) is 0 Å². The molecule has 0 aromatic rings. The van der Waals surface area contributed by atoms with E-state index in [2.05, 4.69) is 33.0 Å². The Morgan fingerprint density at radius 1 is 1.50 bits per heavy atom. The molecule has 0 aliphatic carbocycles. The summed E-state index contributed by atoms with van der Waals surface area (Å²) in [6, 6.07) is 0. The van der Waals surface area contributed by atoms with Crippen LogP contribution in [0.1, 0.15) is 40.5 Å². The van der Waals surface area contributed by atoms with Crippen molar-refractivity contribution in [3.63, 3.8) is 0 Å². The molecule has 0 saturated carbocycles. The van der Waals surface area contributed by atoms with Gasteiger partial charge in [-0.25, -0.2) is 0 Å². The predicted molar refractivity (Wildman–Crippen MR) is 57.1 cm³/mol. The van der Waals surface area contributed by atoms with E-state index in [0.717, 1.165) is 12.8 Å². The van der Waals surface area contributed by atoms with Crippen LogP contribution in [0.2, 0.25) is 0 Å². The molecule has 2 N–H and O–H groups in total. The first-order valence-corrected chi connectivity index (χ1v) is 5.49. The van der Waals surface area contributed by atoms with Gasteiger partial charge in [0.15, 0.2) is 0 Å². The number of ether oxygens (including phenoxy) is 1. The molecule has 2 atom stereocenters. The molecule has 84 valence electrons. The second-order valence-corrected chi connectivity index (χ2v) is 5.03. The Morgan fingerprint density at radius 3 is 2.50 bits per heavy atom. The Hall–Kier alpha value is -0.120. The van der Waals surface area contributed by atoms with Crippen molar-refractivity contribution in [1.29, 1.82) is 0 Å². The summed E-state index contributed by atoms with van der Waals surface area (Å²) >= 11 is 0. The summed E-state index contributed by atoms with van der Waals surface area (Å²) in [6.45, 7) is 9.27. The van der Waals surface area contributed by atoms with Crippen LogP contribution in [0.4, 0.5) is 0 Å². The van der Waals surface area contributed by atoms with E-state index in [1.165, 1.54) is 0 Å². The fraction of sp³-hybridized carbons (Fsp3) is 1.00. The summed E-state index contributed by atoms with van der Waals surface area (Å²) in [7, 11) is 0. The van der Waals surface area contributed by atoms with Crippen LogP contribution >= 0.6 is 0 Å². The van der Waals surface area contributed by atoms with Crippen LogP contribution in [0.3, 0.4) is 0 Å². The molecular weight excluding hydrogens is 178 g/mol. The predicted octanol–water partition coefficient (Wildman–Crippen LogP) is 1.51. The fourth-order valence-electron chi connectivity index (χ4n) is 2.21. The SMILES string of the molecule is CCC1(CO)COC(C)(CC(C)C)N1. The first-order chi connectivity index (χ1) is 6.45. The van der Waals surface area contributed by atoms with Gasteiger partial charge in [0.1, 0.15) is 5.72 Å². The Kier molecular flexibility index (Phi) is 3.56. The highest BCUT2D eigenvalue weighted by Crippen LogP contribution is 2.30. The van der Waals surface area contributed by atoms with Gasteiger partial charge in [-0.15, -0.1) is 0 Å². The Bertz CT molecular complexity index is 190. The van der Waals surface area contributed by atoms with Gasteiger partial charge < -0.3 is 9.84 Å². The zero-order valence-corrected chi connectivity index (χ0v) is 9.76. The van der Waals surface area contributed by atoms with Gasteiger partial charge in [0.25, 0.3) is 0 Å². The third kappa shape index (κ3) is 2.47. The van der Waals surface area contributed by atoms with E-state index in [1.807, 2.05) is 0 Å². The molecule has 1 heterocycles. The zero-order chi connectivity index (χ0) is 10.8. The van der Waals surface area contributed by atoms with Crippen LogP contribution < -0.4 is 5.32 Å². The van der Waals surface area contributed by atoms with Crippen LogP contribution in [0.15, 0.2) is 0 Å². The summed E-state index contributed by atoms with van der Waals surface area (Å²) in [5.41, 5.74) is -0.476. The van der Waals surface area contributed by atoms with Gasteiger partial charge >= 0.3 is 0 Å². The van der Waals surface area contributed by atoms with Crippen molar-refractivity contribution in [2.45, 2.75) is 51.8 Å². The van der Waals surface area contributed by atoms with Crippen molar-refractivity contribution in [3.05, 3.63) is 0 Å². The number of rotatable bonds is 4. The lowest BCUT2D eigenvalue weighted by atomic mass is 9.96. The molecule has 1 aliphatic heterocycles. The lowest BCUT2D eigenvalue weighted by molar-refractivity contribution is -0.0102. The van der Waals surface area contributed by atoms with E-state index in [4.69, 9.17) is 4.74 Å². The van der Waals surface area contributed by atoms with Gasteiger partial charge in [-0.2, -0.15) is 0 Å². The van der Waals surface area contributed by atoms with Gasteiger partial charge in [-0.3, -0.25) is 5.32 Å². The maximum absolute atomic E-state index is 9.34. The van der Waals surface area contributed by atoms with Crippen molar-refractivity contribution in [1.82, 2.24) is 5.32 Å². The van der Waals surface area contributed by atoms with E-state index < -0.39 is 0 Å². The number of nitrogens with one attached hydrogen (secondary N) is 1. The summed E-state index contributed by atoms with van der Waals surface area (Å²) in [5, 5.41) is 12.8. The quantitative estimate of drug-likeness (QED) is 0.724. The third-order valence-corrected chi connectivity index (χ3v) is 2.97. The lowest BCUT2D eigenvalue weighted by Gasteiger charge is -2.30. The Balaban J connectivity index is 2.62. The number of aliphatic hydroxyl groups is 1. The normalized spacial score (nSPS) is 38.1. The topological polar surface area (TPSA) is 41.5 Å². The molecule has 0 radical (unpaired) electrons. The van der Waals surface area contributed by atoms with Crippen molar-refractivity contribution in [3.8, 4) is 0 Å². The molecule has 14 heavy (non-hydrogen) atoms. The summed E-state index contributed by atoms with van der Waals surface area (Å²) in [6.07, 6.45) is 1.88. The third-order valence-electron chi connectivity index (χ3n) is 2.97. The molecule has 1 fully saturated rings. The Labute approximate surface area is 86.8 Å². The van der Waals surface area contributed by atoms with E-state index in [1.54, 1.807) is 0 Å². The molecule has 0 aromatic carbocycles. The van der Waals surface area contributed by atoms with Crippen LogP contribution in [0, 0.1) is 5.92 Å². The van der Waals surface area contributed by atoms with Crippen LogP contribution in [0.25, 0.3) is 0 Å². The monoisotopic (exact) mass is 201 g/mol. The van der Waals surface area contributed by atoms with Crippen LogP contribution in [-0.4, -0.2) is 29.6 Å². The minimum absolute atomic E-state index is 0.150. The summed E-state index contributed by atoms with van der Waals surface area (Å²) < 4.78 is 5.78. The zero-order valence-electron chi connectivity index (χ0n) is 9.76. The maximum Gasteiger partial charge on any atom is 0.117 e. The van der Waals surface area contributed by atoms with Crippen molar-refractivity contribution in [2.24, 2.45) is 5.92 Å². The van der Waals surface area contributed by atoms with Crippen molar-refractivity contribution < 1.29 is 9.84 Å². The molecule has 1 aliphatic rings. The molecule has 3 heteroatoms. The highest BCUT2D eigenvalue weighted by Gasteiger charge is 2.44. The number of hydrogen-bond donors (Lipinski definition) is 2. The standard InChI is InChI=1S/C11H23NO2/c1-5-11(7-13)8-14-10(4,12-11)6-9(2)3/h9,12-13H,5-8H2,1-4H3. The van der Waals surface area contributed by atoms with Crippen molar-refractivity contribution in [2.75, 3.05) is 13.2 Å². The second kappa shape index (κ2) is 4.17. The smallest absolute Gasteiger partial charge is 0.117 e. The summed E-state index contributed by atoms with van der Waals surface area (Å²) in [5.74, 6) is 0.596. The lowest BCUT2D eigenvalue weighted by Crippen LogP contribution is -2.52. The van der Waals surface area contributed by atoms with Crippen molar-refractivity contribution >= 4 is 0 Å². The Morgan fingerprint density at radius 2 is 2.14 bits per heavy atom. The van der Waals surface area contributed by atoms with E-state index >= 15 is 0 Å². The molecule has 3 nitrogen and oxygen atoms in total. The minimum atomic E-state index is -0.257. The van der Waals surface area contributed by atoms with Crippen LogP contribution in [0.5, 0.6) is 0 Å².